The van der Waals surface area contributed by atoms with E-state index in [0.29, 0.717) is 5.95 Å². The van der Waals surface area contributed by atoms with Crippen molar-refractivity contribution in [2.75, 3.05) is 5.32 Å². The van der Waals surface area contributed by atoms with Crippen LogP contribution in [0.25, 0.3) is 0 Å². The fourth-order valence-corrected chi connectivity index (χ4v) is 1.12. The highest BCUT2D eigenvalue weighted by Crippen LogP contribution is 2.07. The summed E-state index contributed by atoms with van der Waals surface area (Å²) in [5, 5.41) is 6.47. The van der Waals surface area contributed by atoms with Gasteiger partial charge in [-0.15, -0.1) is 0 Å². The van der Waals surface area contributed by atoms with Crippen LogP contribution >= 0.6 is 0 Å². The molecular formula is C9H17N5O. The number of nitrogens with zero attached hydrogens (tertiary/aromatic N) is 3. The van der Waals surface area contributed by atoms with E-state index in [4.69, 9.17) is 5.73 Å². The third kappa shape index (κ3) is 2.76. The number of nitrogens with one attached hydrogen (secondary N) is 1. The van der Waals surface area contributed by atoms with Crippen molar-refractivity contribution in [1.82, 2.24) is 14.8 Å². The molecule has 0 fully saturated rings. The van der Waals surface area contributed by atoms with Crippen LogP contribution in [-0.2, 0) is 11.8 Å². The Hall–Kier alpha value is -1.43. The maximum absolute atomic E-state index is 11.6. The van der Waals surface area contributed by atoms with E-state index in [1.165, 1.54) is 11.0 Å². The van der Waals surface area contributed by atoms with Crippen LogP contribution in [0.15, 0.2) is 6.33 Å². The quantitative estimate of drug-likeness (QED) is 0.741. The number of hydrogen-bond donors (Lipinski definition) is 2. The molecule has 0 aliphatic heterocycles. The highest BCUT2D eigenvalue weighted by atomic mass is 16.2. The number of amides is 1. The highest BCUT2D eigenvalue weighted by molar-refractivity contribution is 5.93. The van der Waals surface area contributed by atoms with Crippen molar-refractivity contribution in [1.29, 1.82) is 0 Å². The van der Waals surface area contributed by atoms with Gasteiger partial charge in [0.1, 0.15) is 6.33 Å². The molecule has 0 aliphatic carbocycles. The Bertz CT molecular complexity index is 335. The van der Waals surface area contributed by atoms with Gasteiger partial charge in [0.05, 0.1) is 6.04 Å². The second-order valence-corrected chi connectivity index (χ2v) is 3.61. The van der Waals surface area contributed by atoms with Gasteiger partial charge in [0.2, 0.25) is 11.9 Å². The van der Waals surface area contributed by atoms with E-state index < -0.39 is 6.04 Å². The molecule has 0 aromatic carbocycles. The predicted octanol–water partition coefficient (Wildman–Crippen LogP) is 0.127. The normalized spacial score (nSPS) is 14.7. The lowest BCUT2D eigenvalue weighted by Gasteiger charge is -2.16. The van der Waals surface area contributed by atoms with E-state index in [1.807, 2.05) is 13.8 Å². The molecule has 0 spiro atoms. The van der Waals surface area contributed by atoms with E-state index in [0.717, 1.165) is 6.42 Å². The molecule has 1 amide bonds. The average Bonchev–Trinajstić information content (AvgIpc) is 2.62. The van der Waals surface area contributed by atoms with Gasteiger partial charge in [-0.05, 0) is 5.92 Å². The average molecular weight is 211 g/mol. The molecule has 15 heavy (non-hydrogen) atoms. The molecule has 6 heteroatoms. The van der Waals surface area contributed by atoms with Crippen LogP contribution in [0.1, 0.15) is 20.3 Å². The van der Waals surface area contributed by atoms with E-state index >= 15 is 0 Å². The summed E-state index contributed by atoms with van der Waals surface area (Å²) in [4.78, 5) is 15.5. The molecule has 1 rings (SSSR count). The van der Waals surface area contributed by atoms with Crippen LogP contribution < -0.4 is 11.1 Å². The number of aromatic nitrogens is 3. The number of hydrogen-bond acceptors (Lipinski definition) is 4. The van der Waals surface area contributed by atoms with Gasteiger partial charge < -0.3 is 5.73 Å². The second-order valence-electron chi connectivity index (χ2n) is 3.61. The number of anilines is 1. The molecule has 3 N–H and O–H groups in total. The van der Waals surface area contributed by atoms with E-state index in [9.17, 15) is 4.79 Å². The Balaban J connectivity index is 2.60. The maximum atomic E-state index is 11.6. The van der Waals surface area contributed by atoms with Gasteiger partial charge in [-0.25, -0.2) is 4.68 Å². The molecule has 2 unspecified atom stereocenters. The molecule has 84 valence electrons. The van der Waals surface area contributed by atoms with Crippen molar-refractivity contribution in [3.05, 3.63) is 6.33 Å². The Morgan fingerprint density at radius 1 is 1.73 bits per heavy atom. The summed E-state index contributed by atoms with van der Waals surface area (Å²) in [6.45, 7) is 3.95. The lowest BCUT2D eigenvalue weighted by molar-refractivity contribution is -0.118. The van der Waals surface area contributed by atoms with Crippen molar-refractivity contribution in [3.63, 3.8) is 0 Å². The number of carbonyl (C=O) groups excluding carboxylic acids is 1. The van der Waals surface area contributed by atoms with E-state index in [1.54, 1.807) is 7.05 Å². The van der Waals surface area contributed by atoms with Crippen LogP contribution in [0.3, 0.4) is 0 Å². The molecule has 0 saturated carbocycles. The fourth-order valence-electron chi connectivity index (χ4n) is 1.12. The first-order valence-corrected chi connectivity index (χ1v) is 4.96. The van der Waals surface area contributed by atoms with Crippen LogP contribution in [0.2, 0.25) is 0 Å². The predicted molar refractivity (Wildman–Crippen MR) is 57.1 cm³/mol. The number of aryl methyl sites for hydroxylation is 1. The summed E-state index contributed by atoms with van der Waals surface area (Å²) in [6.07, 6.45) is 2.25. The zero-order chi connectivity index (χ0) is 11.4. The summed E-state index contributed by atoms with van der Waals surface area (Å²) in [6, 6.07) is -0.508. The molecule has 0 saturated heterocycles. The Morgan fingerprint density at radius 3 is 2.87 bits per heavy atom. The monoisotopic (exact) mass is 211 g/mol. The van der Waals surface area contributed by atoms with Crippen LogP contribution in [0, 0.1) is 5.92 Å². The van der Waals surface area contributed by atoms with Crippen LogP contribution in [0.4, 0.5) is 5.95 Å². The summed E-state index contributed by atoms with van der Waals surface area (Å²) in [7, 11) is 1.71. The molecule has 0 bridgehead atoms. The summed E-state index contributed by atoms with van der Waals surface area (Å²) < 4.78 is 1.49. The molecule has 2 atom stereocenters. The highest BCUT2D eigenvalue weighted by Gasteiger charge is 2.20. The standard InChI is InChI=1S/C9H17N5O/c1-4-6(2)7(10)8(15)13-9-11-5-12-14(9)3/h5-7H,4,10H2,1-3H3,(H,11,12,13,15). The number of carbonyl (C=O) groups is 1. The second kappa shape index (κ2) is 4.88. The summed E-state index contributed by atoms with van der Waals surface area (Å²) in [5.74, 6) is 0.345. The molecule has 0 radical (unpaired) electrons. The molecule has 1 heterocycles. The van der Waals surface area contributed by atoms with Crippen LogP contribution in [0.5, 0.6) is 0 Å². The Labute approximate surface area is 88.9 Å². The fraction of sp³-hybridized carbons (Fsp3) is 0.667. The van der Waals surface area contributed by atoms with Crippen LogP contribution in [-0.4, -0.2) is 26.7 Å². The van der Waals surface area contributed by atoms with Gasteiger partial charge in [0.15, 0.2) is 0 Å². The topological polar surface area (TPSA) is 85.8 Å². The summed E-state index contributed by atoms with van der Waals surface area (Å²) >= 11 is 0. The minimum Gasteiger partial charge on any atom is -0.320 e. The molecule has 6 nitrogen and oxygen atoms in total. The zero-order valence-corrected chi connectivity index (χ0v) is 9.27. The Morgan fingerprint density at radius 2 is 2.40 bits per heavy atom. The van der Waals surface area contributed by atoms with Gasteiger partial charge in [0.25, 0.3) is 0 Å². The zero-order valence-electron chi connectivity index (χ0n) is 9.27. The van der Waals surface area contributed by atoms with E-state index in [2.05, 4.69) is 15.4 Å². The van der Waals surface area contributed by atoms with E-state index in [-0.39, 0.29) is 11.8 Å². The largest absolute Gasteiger partial charge is 0.320 e. The maximum Gasteiger partial charge on any atom is 0.243 e. The first kappa shape index (κ1) is 11.6. The van der Waals surface area contributed by atoms with Crippen molar-refractivity contribution in [2.45, 2.75) is 26.3 Å². The minimum absolute atomic E-state index is 0.151. The first-order chi connectivity index (χ1) is 7.06. The van der Waals surface area contributed by atoms with Crippen molar-refractivity contribution < 1.29 is 4.79 Å². The first-order valence-electron chi connectivity index (χ1n) is 4.96. The van der Waals surface area contributed by atoms with Gasteiger partial charge in [-0.2, -0.15) is 10.1 Å². The number of rotatable bonds is 4. The SMILES string of the molecule is CCC(C)C(N)C(=O)Nc1ncnn1C. The molecule has 1 aromatic heterocycles. The van der Waals surface area contributed by atoms with Gasteiger partial charge in [-0.3, -0.25) is 10.1 Å². The van der Waals surface area contributed by atoms with Crippen molar-refractivity contribution >= 4 is 11.9 Å². The third-order valence-electron chi connectivity index (χ3n) is 2.51. The molecular weight excluding hydrogens is 194 g/mol. The van der Waals surface area contributed by atoms with Crippen molar-refractivity contribution in [2.24, 2.45) is 18.7 Å². The summed E-state index contributed by atoms with van der Waals surface area (Å²) in [5.41, 5.74) is 5.77. The minimum atomic E-state index is -0.508. The lowest BCUT2D eigenvalue weighted by Crippen LogP contribution is -2.41. The lowest BCUT2D eigenvalue weighted by atomic mass is 10.00. The van der Waals surface area contributed by atoms with Crippen molar-refractivity contribution in [3.8, 4) is 0 Å². The molecule has 0 aliphatic rings. The third-order valence-corrected chi connectivity index (χ3v) is 2.51. The smallest absolute Gasteiger partial charge is 0.243 e. The van der Waals surface area contributed by atoms with Gasteiger partial charge in [0, 0.05) is 7.05 Å². The number of nitrogens with two attached hydrogens (primary N) is 1. The Kier molecular flexibility index (Phi) is 3.79. The molecule has 1 aromatic rings. The van der Waals surface area contributed by atoms with Gasteiger partial charge >= 0.3 is 0 Å². The van der Waals surface area contributed by atoms with Gasteiger partial charge in [-0.1, -0.05) is 20.3 Å².